The SMILES string of the molecule is C=NN(C(=C)C)c1nnc(NC(=O)c2cc(I)c(OC)c(=O)o2)s1.[HH]. The number of nitrogens with zero attached hydrogens (tertiary/aromatic N) is 4. The molecule has 0 aliphatic heterocycles. The lowest BCUT2D eigenvalue weighted by Crippen LogP contribution is -2.16. The highest BCUT2D eigenvalue weighted by Gasteiger charge is 2.18. The monoisotopic (exact) mass is 463 g/mol. The van der Waals surface area contributed by atoms with Crippen molar-refractivity contribution in [3.63, 3.8) is 0 Å². The van der Waals surface area contributed by atoms with Gasteiger partial charge in [0, 0.05) is 19.9 Å². The quantitative estimate of drug-likeness (QED) is 0.398. The van der Waals surface area contributed by atoms with Crippen LogP contribution in [0.5, 0.6) is 5.75 Å². The number of hydrazone groups is 1. The fourth-order valence-electron chi connectivity index (χ4n) is 1.60. The lowest BCUT2D eigenvalue weighted by atomic mass is 10.3. The molecule has 0 saturated heterocycles. The third kappa shape index (κ3) is 3.79. The number of rotatable bonds is 6. The van der Waals surface area contributed by atoms with E-state index in [9.17, 15) is 9.59 Å². The molecule has 24 heavy (non-hydrogen) atoms. The van der Waals surface area contributed by atoms with Crippen LogP contribution in [0.3, 0.4) is 0 Å². The molecule has 0 saturated carbocycles. The van der Waals surface area contributed by atoms with Gasteiger partial charge in [-0.05, 0) is 29.5 Å². The lowest BCUT2D eigenvalue weighted by Gasteiger charge is -2.12. The summed E-state index contributed by atoms with van der Waals surface area (Å²) in [5.41, 5.74) is -0.147. The maximum Gasteiger partial charge on any atom is 0.380 e. The Morgan fingerprint density at radius 3 is 2.83 bits per heavy atom. The van der Waals surface area contributed by atoms with Gasteiger partial charge in [0.25, 0.3) is 5.91 Å². The molecular formula is C13H14IN5O4S. The Morgan fingerprint density at radius 2 is 2.29 bits per heavy atom. The summed E-state index contributed by atoms with van der Waals surface area (Å²) in [6.07, 6.45) is 0. The van der Waals surface area contributed by atoms with Crippen LogP contribution in [0.4, 0.5) is 10.3 Å². The van der Waals surface area contributed by atoms with Gasteiger partial charge in [0.1, 0.15) is 0 Å². The second-order valence-corrected chi connectivity index (χ2v) is 6.43. The molecular weight excluding hydrogens is 449 g/mol. The van der Waals surface area contributed by atoms with Crippen LogP contribution in [0.25, 0.3) is 0 Å². The second kappa shape index (κ2) is 7.53. The van der Waals surface area contributed by atoms with Crippen molar-refractivity contribution >= 4 is 56.8 Å². The summed E-state index contributed by atoms with van der Waals surface area (Å²) in [6.45, 7) is 8.88. The minimum atomic E-state index is -0.739. The Labute approximate surface area is 155 Å². The van der Waals surface area contributed by atoms with E-state index in [1.165, 1.54) is 18.2 Å². The molecule has 2 aromatic heterocycles. The highest BCUT2D eigenvalue weighted by Crippen LogP contribution is 2.27. The zero-order valence-corrected chi connectivity index (χ0v) is 15.7. The molecule has 1 amide bonds. The molecule has 2 heterocycles. The summed E-state index contributed by atoms with van der Waals surface area (Å²) in [4.78, 5) is 23.9. The Hall–Kier alpha value is -2.28. The smallest absolute Gasteiger partial charge is 0.380 e. The van der Waals surface area contributed by atoms with Crippen molar-refractivity contribution in [2.75, 3.05) is 17.4 Å². The zero-order valence-electron chi connectivity index (χ0n) is 12.7. The predicted octanol–water partition coefficient (Wildman–Crippen LogP) is 2.56. The molecule has 0 radical (unpaired) electrons. The molecule has 0 unspecified atom stereocenters. The zero-order chi connectivity index (χ0) is 17.9. The first-order valence-corrected chi connectivity index (χ1v) is 8.21. The van der Waals surface area contributed by atoms with E-state index in [1.807, 2.05) is 22.6 Å². The van der Waals surface area contributed by atoms with Crippen LogP contribution in [-0.2, 0) is 0 Å². The Bertz CT molecular complexity index is 868. The van der Waals surface area contributed by atoms with Crippen LogP contribution in [0.2, 0.25) is 0 Å². The molecule has 11 heteroatoms. The number of halogens is 1. The van der Waals surface area contributed by atoms with Crippen molar-refractivity contribution in [1.82, 2.24) is 10.2 Å². The van der Waals surface area contributed by atoms with Crippen molar-refractivity contribution in [3.05, 3.63) is 38.1 Å². The number of methoxy groups -OCH3 is 1. The Morgan fingerprint density at radius 1 is 1.58 bits per heavy atom. The van der Waals surface area contributed by atoms with Crippen LogP contribution < -0.4 is 20.7 Å². The van der Waals surface area contributed by atoms with Gasteiger partial charge in [-0.25, -0.2) is 9.80 Å². The van der Waals surface area contributed by atoms with Gasteiger partial charge >= 0.3 is 5.63 Å². The van der Waals surface area contributed by atoms with Gasteiger partial charge in [-0.15, -0.1) is 10.2 Å². The summed E-state index contributed by atoms with van der Waals surface area (Å²) in [5, 5.41) is 15.9. The van der Waals surface area contributed by atoms with Gasteiger partial charge in [0.2, 0.25) is 16.0 Å². The number of hydrogen-bond donors (Lipinski definition) is 1. The molecule has 9 nitrogen and oxygen atoms in total. The van der Waals surface area contributed by atoms with Gasteiger partial charge in [-0.3, -0.25) is 10.1 Å². The first-order valence-electron chi connectivity index (χ1n) is 6.32. The van der Waals surface area contributed by atoms with Crippen molar-refractivity contribution < 1.29 is 15.4 Å². The molecule has 128 valence electrons. The molecule has 2 rings (SSSR count). The topological polar surface area (TPSA) is 110 Å². The Kier molecular flexibility index (Phi) is 5.66. The van der Waals surface area contributed by atoms with Gasteiger partial charge in [-0.2, -0.15) is 5.10 Å². The number of anilines is 2. The minimum Gasteiger partial charge on any atom is -0.489 e. The van der Waals surface area contributed by atoms with Gasteiger partial charge in [0.15, 0.2) is 5.76 Å². The summed E-state index contributed by atoms with van der Waals surface area (Å²) < 4.78 is 10.3. The van der Waals surface area contributed by atoms with Crippen molar-refractivity contribution in [2.24, 2.45) is 5.10 Å². The van der Waals surface area contributed by atoms with Crippen LogP contribution in [-0.4, -0.2) is 29.9 Å². The van der Waals surface area contributed by atoms with Gasteiger partial charge in [0.05, 0.1) is 10.7 Å². The minimum absolute atomic E-state index is 0. The lowest BCUT2D eigenvalue weighted by molar-refractivity contribution is 0.0991. The standard InChI is InChI=1S/C13H12IN5O4S.H2/c1-6(2)19(15-3)13-18-17-12(24-13)16-10(20)8-5-7(14)9(22-4)11(21)23-8;/h5H,1,3H2,2,4H3,(H,16,17,20);1H. The molecule has 1 N–H and O–H groups in total. The molecule has 0 aromatic carbocycles. The summed E-state index contributed by atoms with van der Waals surface area (Å²) in [5.74, 6) is -0.760. The van der Waals surface area contributed by atoms with E-state index in [0.29, 0.717) is 14.4 Å². The molecule has 0 bridgehead atoms. The first-order chi connectivity index (χ1) is 11.4. The number of ether oxygens (including phenoxy) is 1. The maximum atomic E-state index is 12.2. The van der Waals surface area contributed by atoms with E-state index in [0.717, 1.165) is 11.3 Å². The van der Waals surface area contributed by atoms with E-state index in [1.54, 1.807) is 6.92 Å². The number of hydrogen-bond acceptors (Lipinski definition) is 9. The number of carbonyl (C=O) groups is 1. The highest BCUT2D eigenvalue weighted by atomic mass is 127. The summed E-state index contributed by atoms with van der Waals surface area (Å²) in [6, 6.07) is 1.39. The molecule has 0 fully saturated rings. The molecule has 2 aromatic rings. The second-order valence-electron chi connectivity index (χ2n) is 4.31. The van der Waals surface area contributed by atoms with E-state index in [2.05, 4.69) is 33.9 Å². The van der Waals surface area contributed by atoms with Crippen molar-refractivity contribution in [2.45, 2.75) is 6.92 Å². The summed E-state index contributed by atoms with van der Waals surface area (Å²) >= 11 is 2.94. The average Bonchev–Trinajstić information content (AvgIpc) is 2.95. The van der Waals surface area contributed by atoms with Crippen LogP contribution in [0.1, 0.15) is 18.9 Å². The predicted molar refractivity (Wildman–Crippen MR) is 101 cm³/mol. The van der Waals surface area contributed by atoms with Crippen LogP contribution in [0.15, 0.2) is 32.7 Å². The molecule has 0 spiro atoms. The van der Waals surface area contributed by atoms with E-state index in [-0.39, 0.29) is 18.1 Å². The van der Waals surface area contributed by atoms with E-state index in [4.69, 9.17) is 9.15 Å². The van der Waals surface area contributed by atoms with Gasteiger partial charge < -0.3 is 9.15 Å². The highest BCUT2D eigenvalue weighted by molar-refractivity contribution is 14.1. The molecule has 0 atom stereocenters. The number of allylic oxidation sites excluding steroid dienone is 1. The number of amides is 1. The average molecular weight is 463 g/mol. The third-order valence-corrected chi connectivity index (χ3v) is 4.23. The normalized spacial score (nSPS) is 10.1. The number of aromatic nitrogens is 2. The molecule has 0 aliphatic rings. The number of nitrogens with one attached hydrogen (secondary N) is 1. The Balaban J connectivity index is 0.00000312. The first kappa shape index (κ1) is 18.1. The number of carbonyl (C=O) groups excluding carboxylic acids is 1. The van der Waals surface area contributed by atoms with Crippen molar-refractivity contribution in [3.8, 4) is 5.75 Å². The summed E-state index contributed by atoms with van der Waals surface area (Å²) in [7, 11) is 1.35. The van der Waals surface area contributed by atoms with E-state index < -0.39 is 11.5 Å². The van der Waals surface area contributed by atoms with Crippen molar-refractivity contribution in [1.29, 1.82) is 0 Å². The maximum absolute atomic E-state index is 12.2. The van der Waals surface area contributed by atoms with Gasteiger partial charge in [-0.1, -0.05) is 17.9 Å². The third-order valence-electron chi connectivity index (χ3n) is 2.61. The van der Waals surface area contributed by atoms with E-state index >= 15 is 0 Å². The largest absolute Gasteiger partial charge is 0.489 e. The van der Waals surface area contributed by atoms with Crippen LogP contribution in [0, 0.1) is 3.57 Å². The molecule has 0 aliphatic carbocycles. The fourth-order valence-corrected chi connectivity index (χ4v) is 3.10. The fraction of sp³-hybridized carbons (Fsp3) is 0.154. The van der Waals surface area contributed by atoms with Crippen LogP contribution >= 0.6 is 33.9 Å².